The van der Waals surface area contributed by atoms with Crippen LogP contribution in [-0.2, 0) is 11.3 Å². The summed E-state index contributed by atoms with van der Waals surface area (Å²) >= 11 is 1.49. The van der Waals surface area contributed by atoms with Gasteiger partial charge in [-0.1, -0.05) is 41.6 Å². The van der Waals surface area contributed by atoms with E-state index in [-0.39, 0.29) is 29.6 Å². The van der Waals surface area contributed by atoms with Gasteiger partial charge in [-0.15, -0.1) is 24.5 Å². The van der Waals surface area contributed by atoms with Gasteiger partial charge in [0.1, 0.15) is 23.8 Å². The van der Waals surface area contributed by atoms with Crippen molar-refractivity contribution in [3.8, 4) is 33.9 Å². The summed E-state index contributed by atoms with van der Waals surface area (Å²) in [5, 5.41) is 6.77. The molecule has 3 aromatic carbocycles. The van der Waals surface area contributed by atoms with Crippen LogP contribution in [0.3, 0.4) is 0 Å². The molecule has 0 spiro atoms. The highest BCUT2D eigenvalue weighted by molar-refractivity contribution is 7.17. The molecule has 6 rings (SSSR count). The van der Waals surface area contributed by atoms with Crippen LogP contribution in [0.25, 0.3) is 38.0 Å². The third-order valence-electron chi connectivity index (χ3n) is 6.82. The zero-order chi connectivity index (χ0) is 29.4. The number of allylic oxidation sites excluding steroid dienone is 2. The molecule has 5 aromatic rings. The first-order chi connectivity index (χ1) is 20.2. The average Bonchev–Trinajstić information content (AvgIpc) is 3.57. The number of para-hydroxylation sites is 1. The van der Waals surface area contributed by atoms with E-state index in [1.807, 2.05) is 54.8 Å². The van der Waals surface area contributed by atoms with E-state index in [1.54, 1.807) is 13.0 Å². The first-order valence-corrected chi connectivity index (χ1v) is 14.0. The van der Waals surface area contributed by atoms with Crippen molar-refractivity contribution in [3.63, 3.8) is 0 Å². The normalized spacial score (nSPS) is 12.7. The summed E-state index contributed by atoms with van der Waals surface area (Å²) in [5.41, 5.74) is 5.38. The number of fused-ring (bicyclic) bond motifs is 1. The van der Waals surface area contributed by atoms with Crippen molar-refractivity contribution in [2.75, 3.05) is 6.61 Å². The van der Waals surface area contributed by atoms with Crippen LogP contribution >= 0.6 is 11.3 Å². The Balaban J connectivity index is 1.25. The first kappa shape index (κ1) is 27.6. The summed E-state index contributed by atoms with van der Waals surface area (Å²) in [5.74, 6) is 0.378. The second-order valence-electron chi connectivity index (χ2n) is 9.66. The minimum atomic E-state index is -4.85. The predicted molar refractivity (Wildman–Crippen MR) is 154 cm³/mol. The molecule has 2 aromatic heterocycles. The van der Waals surface area contributed by atoms with E-state index >= 15 is 0 Å². The molecule has 0 saturated carbocycles. The molecule has 0 fully saturated rings. The number of hydrogen-bond acceptors (Lipinski definition) is 7. The number of aryl methyl sites for hydroxylation is 1. The van der Waals surface area contributed by atoms with Crippen molar-refractivity contribution in [3.05, 3.63) is 94.6 Å². The fraction of sp³-hybridized carbons (Fsp3) is 0.188. The highest BCUT2D eigenvalue weighted by atomic mass is 32.1. The molecule has 0 amide bonds. The number of alkyl halides is 3. The molecular weight excluding hydrogens is 567 g/mol. The number of benzene rings is 3. The molecular formula is C32H24F3NO5S. The SMILES string of the molecule is CCOC(=O)c1csc2cc(-c3ccc(OCc4c(-c5ccccc5OC(F)(F)F)noc4C4=CC4)cc3C)ccc12. The van der Waals surface area contributed by atoms with E-state index < -0.39 is 6.36 Å². The van der Waals surface area contributed by atoms with Crippen LogP contribution in [0, 0.1) is 6.92 Å². The lowest BCUT2D eigenvalue weighted by Crippen LogP contribution is -2.17. The summed E-state index contributed by atoms with van der Waals surface area (Å²) in [6, 6.07) is 17.5. The first-order valence-electron chi connectivity index (χ1n) is 13.2. The second-order valence-corrected chi connectivity index (χ2v) is 10.6. The zero-order valence-corrected chi connectivity index (χ0v) is 23.4. The third-order valence-corrected chi connectivity index (χ3v) is 7.76. The number of thiophene rings is 1. The Morgan fingerprint density at radius 2 is 1.88 bits per heavy atom. The molecule has 6 nitrogen and oxygen atoms in total. The highest BCUT2D eigenvalue weighted by Gasteiger charge is 2.33. The molecule has 1 aliphatic carbocycles. The summed E-state index contributed by atoms with van der Waals surface area (Å²) in [6.45, 7) is 4.10. The van der Waals surface area contributed by atoms with Gasteiger partial charge in [-0.2, -0.15) is 0 Å². The van der Waals surface area contributed by atoms with Gasteiger partial charge >= 0.3 is 12.3 Å². The van der Waals surface area contributed by atoms with Gasteiger partial charge in [0.15, 0.2) is 5.76 Å². The minimum Gasteiger partial charge on any atom is -0.489 e. The minimum absolute atomic E-state index is 0.0302. The molecule has 0 saturated heterocycles. The van der Waals surface area contributed by atoms with Gasteiger partial charge in [0.25, 0.3) is 0 Å². The topological polar surface area (TPSA) is 70.8 Å². The molecule has 0 aliphatic heterocycles. The lowest BCUT2D eigenvalue weighted by Gasteiger charge is -2.13. The van der Waals surface area contributed by atoms with Crippen molar-refractivity contribution in [2.45, 2.75) is 33.2 Å². The van der Waals surface area contributed by atoms with E-state index in [0.29, 0.717) is 35.7 Å². The van der Waals surface area contributed by atoms with Crippen molar-refractivity contribution in [1.82, 2.24) is 5.16 Å². The molecule has 0 radical (unpaired) electrons. The Kier molecular flexibility index (Phi) is 7.24. The monoisotopic (exact) mass is 591 g/mol. The molecule has 214 valence electrons. The van der Waals surface area contributed by atoms with Crippen LogP contribution in [0.15, 0.2) is 76.6 Å². The number of ether oxygens (including phenoxy) is 3. The lowest BCUT2D eigenvalue weighted by atomic mass is 9.99. The molecule has 10 heteroatoms. The Bertz CT molecular complexity index is 1840. The van der Waals surface area contributed by atoms with Crippen LogP contribution in [0.1, 0.15) is 40.6 Å². The van der Waals surface area contributed by atoms with Gasteiger partial charge in [-0.3, -0.25) is 0 Å². The number of hydrogen-bond donors (Lipinski definition) is 0. The summed E-state index contributed by atoms with van der Waals surface area (Å²) < 4.78 is 61.3. The Labute approximate surface area is 242 Å². The molecule has 1 aliphatic rings. The van der Waals surface area contributed by atoms with Gasteiger partial charge in [-0.25, -0.2) is 4.79 Å². The van der Waals surface area contributed by atoms with Gasteiger partial charge in [0.05, 0.1) is 17.7 Å². The maximum Gasteiger partial charge on any atom is 0.573 e. The lowest BCUT2D eigenvalue weighted by molar-refractivity contribution is -0.274. The number of rotatable bonds is 9. The van der Waals surface area contributed by atoms with Crippen LogP contribution in [0.5, 0.6) is 11.5 Å². The maximum atomic E-state index is 13.1. The number of esters is 1. The Morgan fingerprint density at radius 1 is 1.07 bits per heavy atom. The zero-order valence-electron chi connectivity index (χ0n) is 22.6. The average molecular weight is 592 g/mol. The van der Waals surface area contributed by atoms with Gasteiger partial charge in [-0.05, 0) is 72.9 Å². The maximum absolute atomic E-state index is 13.1. The highest BCUT2D eigenvalue weighted by Crippen LogP contribution is 2.41. The Morgan fingerprint density at radius 3 is 2.62 bits per heavy atom. The predicted octanol–water partition coefficient (Wildman–Crippen LogP) is 8.97. The van der Waals surface area contributed by atoms with E-state index in [0.717, 1.165) is 32.3 Å². The number of carbonyl (C=O) groups is 1. The van der Waals surface area contributed by atoms with Gasteiger partial charge < -0.3 is 18.7 Å². The van der Waals surface area contributed by atoms with Crippen LogP contribution in [0.2, 0.25) is 0 Å². The van der Waals surface area contributed by atoms with Gasteiger partial charge in [0.2, 0.25) is 0 Å². The fourth-order valence-corrected chi connectivity index (χ4v) is 5.76. The number of halogens is 3. The third kappa shape index (κ3) is 5.62. The largest absolute Gasteiger partial charge is 0.573 e. The van der Waals surface area contributed by atoms with Crippen molar-refractivity contribution in [2.24, 2.45) is 0 Å². The van der Waals surface area contributed by atoms with Crippen LogP contribution in [-0.4, -0.2) is 24.1 Å². The van der Waals surface area contributed by atoms with Crippen molar-refractivity contribution >= 4 is 33.0 Å². The van der Waals surface area contributed by atoms with Gasteiger partial charge in [0, 0.05) is 21.0 Å². The number of nitrogens with zero attached hydrogens (tertiary/aromatic N) is 1. The number of aromatic nitrogens is 1. The van der Waals surface area contributed by atoms with Crippen LogP contribution in [0.4, 0.5) is 13.2 Å². The fourth-order valence-electron chi connectivity index (χ4n) is 4.79. The quantitative estimate of drug-likeness (QED) is 0.159. The van der Waals surface area contributed by atoms with E-state index in [2.05, 4.69) is 9.89 Å². The summed E-state index contributed by atoms with van der Waals surface area (Å²) in [7, 11) is 0. The van der Waals surface area contributed by atoms with E-state index in [1.165, 1.54) is 29.5 Å². The standard InChI is InChI=1S/C32H24F3NO5S/c1-3-38-31(37)26-17-42-28-15-20(10-12-23(26)28)22-13-11-21(14-18(22)2)39-16-25-29(36-41-30(25)19-8-9-19)24-6-4-5-7-27(24)40-32(33,34)35/h4-8,10-15,17H,3,9,16H2,1-2H3. The molecule has 0 unspecified atom stereocenters. The van der Waals surface area contributed by atoms with Crippen molar-refractivity contribution < 1.29 is 36.7 Å². The van der Waals surface area contributed by atoms with Crippen molar-refractivity contribution in [1.29, 1.82) is 0 Å². The summed E-state index contributed by atoms with van der Waals surface area (Å²) in [6.07, 6.45) is -2.19. The number of carbonyl (C=O) groups excluding carboxylic acids is 1. The summed E-state index contributed by atoms with van der Waals surface area (Å²) in [4.78, 5) is 12.3. The molecule has 0 N–H and O–H groups in total. The Hall–Kier alpha value is -4.57. The van der Waals surface area contributed by atoms with E-state index in [4.69, 9.17) is 14.0 Å². The second kappa shape index (κ2) is 11.0. The van der Waals surface area contributed by atoms with E-state index in [9.17, 15) is 18.0 Å². The molecule has 0 bridgehead atoms. The van der Waals surface area contributed by atoms with Crippen LogP contribution < -0.4 is 9.47 Å². The molecule has 42 heavy (non-hydrogen) atoms. The molecule has 2 heterocycles. The smallest absolute Gasteiger partial charge is 0.489 e. The molecule has 0 atom stereocenters.